The quantitative estimate of drug-likeness (QED) is 0.795. The smallest absolute Gasteiger partial charge is 0.0759 e. The number of aliphatic hydroxyl groups excluding tert-OH is 1. The Bertz CT molecular complexity index is 317. The Morgan fingerprint density at radius 3 is 2.53 bits per heavy atom. The van der Waals surface area contributed by atoms with Gasteiger partial charge in [-0.05, 0) is 33.5 Å². The van der Waals surface area contributed by atoms with E-state index in [-0.39, 0.29) is 5.54 Å². The SMILES string of the molecule is CN(C)C(C)(C)C(O)Cc1cnn(C)c1. The molecule has 0 amide bonds. The summed E-state index contributed by atoms with van der Waals surface area (Å²) in [5, 5.41) is 14.2. The number of aliphatic hydroxyl groups is 1. The van der Waals surface area contributed by atoms with Crippen molar-refractivity contribution in [2.24, 2.45) is 7.05 Å². The topological polar surface area (TPSA) is 41.3 Å². The van der Waals surface area contributed by atoms with Crippen LogP contribution in [0.3, 0.4) is 0 Å². The summed E-state index contributed by atoms with van der Waals surface area (Å²) < 4.78 is 1.75. The fourth-order valence-corrected chi connectivity index (χ4v) is 1.35. The van der Waals surface area contributed by atoms with Crippen LogP contribution >= 0.6 is 0 Å². The molecule has 1 heterocycles. The molecule has 0 aliphatic rings. The van der Waals surface area contributed by atoms with E-state index in [0.717, 1.165) is 5.56 Å². The average Bonchev–Trinajstić information content (AvgIpc) is 2.50. The summed E-state index contributed by atoms with van der Waals surface area (Å²) in [6.07, 6.45) is 3.99. The van der Waals surface area contributed by atoms with Crippen molar-refractivity contribution in [3.63, 3.8) is 0 Å². The first kappa shape index (κ1) is 12.2. The van der Waals surface area contributed by atoms with E-state index >= 15 is 0 Å². The molecule has 1 N–H and O–H groups in total. The third kappa shape index (κ3) is 2.79. The number of aromatic nitrogens is 2. The molecule has 0 aliphatic carbocycles. The molecule has 0 saturated carbocycles. The van der Waals surface area contributed by atoms with Crippen molar-refractivity contribution >= 4 is 0 Å². The van der Waals surface area contributed by atoms with Gasteiger partial charge in [0.25, 0.3) is 0 Å². The molecule has 1 aromatic rings. The lowest BCUT2D eigenvalue weighted by Crippen LogP contribution is -2.49. The lowest BCUT2D eigenvalue weighted by Gasteiger charge is -2.37. The van der Waals surface area contributed by atoms with Gasteiger partial charge < -0.3 is 10.0 Å². The molecule has 0 spiro atoms. The maximum atomic E-state index is 10.1. The summed E-state index contributed by atoms with van der Waals surface area (Å²) in [4.78, 5) is 2.04. The Kier molecular flexibility index (Phi) is 3.52. The lowest BCUT2D eigenvalue weighted by molar-refractivity contribution is 0.0182. The first-order chi connectivity index (χ1) is 6.84. The lowest BCUT2D eigenvalue weighted by atomic mass is 9.92. The molecule has 15 heavy (non-hydrogen) atoms. The van der Waals surface area contributed by atoms with Crippen LogP contribution in [0.25, 0.3) is 0 Å². The Morgan fingerprint density at radius 2 is 2.13 bits per heavy atom. The molecule has 1 aromatic heterocycles. The van der Waals surface area contributed by atoms with Crippen LogP contribution in [0, 0.1) is 0 Å². The molecule has 0 fully saturated rings. The molecule has 0 radical (unpaired) electrons. The Balaban J connectivity index is 2.67. The van der Waals surface area contributed by atoms with E-state index in [1.54, 1.807) is 10.9 Å². The maximum Gasteiger partial charge on any atom is 0.0759 e. The van der Waals surface area contributed by atoms with Gasteiger partial charge in [0.15, 0.2) is 0 Å². The summed E-state index contributed by atoms with van der Waals surface area (Å²) >= 11 is 0. The van der Waals surface area contributed by atoms with E-state index < -0.39 is 6.10 Å². The predicted octanol–water partition coefficient (Wildman–Crippen LogP) is 0.664. The van der Waals surface area contributed by atoms with Crippen LogP contribution < -0.4 is 0 Å². The second kappa shape index (κ2) is 4.33. The van der Waals surface area contributed by atoms with Crippen LogP contribution in [0.5, 0.6) is 0 Å². The van der Waals surface area contributed by atoms with Crippen LogP contribution in [-0.2, 0) is 13.5 Å². The van der Waals surface area contributed by atoms with Crippen molar-refractivity contribution in [1.29, 1.82) is 0 Å². The highest BCUT2D eigenvalue weighted by Gasteiger charge is 2.30. The zero-order chi connectivity index (χ0) is 11.6. The van der Waals surface area contributed by atoms with E-state index in [0.29, 0.717) is 6.42 Å². The van der Waals surface area contributed by atoms with Crippen LogP contribution in [0.1, 0.15) is 19.4 Å². The molecule has 0 saturated heterocycles. The highest BCUT2D eigenvalue weighted by atomic mass is 16.3. The van der Waals surface area contributed by atoms with Crippen molar-refractivity contribution in [1.82, 2.24) is 14.7 Å². The van der Waals surface area contributed by atoms with E-state index in [2.05, 4.69) is 5.10 Å². The average molecular weight is 211 g/mol. The molecule has 0 aliphatic heterocycles. The van der Waals surface area contributed by atoms with Crippen molar-refractivity contribution < 1.29 is 5.11 Å². The first-order valence-corrected chi connectivity index (χ1v) is 5.17. The van der Waals surface area contributed by atoms with Crippen molar-refractivity contribution in [3.8, 4) is 0 Å². The van der Waals surface area contributed by atoms with Gasteiger partial charge in [-0.15, -0.1) is 0 Å². The van der Waals surface area contributed by atoms with Crippen LogP contribution in [0.15, 0.2) is 12.4 Å². The molecule has 4 nitrogen and oxygen atoms in total. The van der Waals surface area contributed by atoms with Gasteiger partial charge in [0, 0.05) is 25.2 Å². The van der Waals surface area contributed by atoms with Gasteiger partial charge >= 0.3 is 0 Å². The third-order valence-corrected chi connectivity index (χ3v) is 3.16. The first-order valence-electron chi connectivity index (χ1n) is 5.17. The number of nitrogens with zero attached hydrogens (tertiary/aromatic N) is 3. The molecule has 1 rings (SSSR count). The second-order valence-electron chi connectivity index (χ2n) is 4.79. The van der Waals surface area contributed by atoms with Crippen LogP contribution in [0.2, 0.25) is 0 Å². The zero-order valence-corrected chi connectivity index (χ0v) is 10.2. The minimum Gasteiger partial charge on any atom is -0.391 e. The van der Waals surface area contributed by atoms with Gasteiger partial charge in [0.1, 0.15) is 0 Å². The largest absolute Gasteiger partial charge is 0.391 e. The van der Waals surface area contributed by atoms with E-state index in [1.807, 2.05) is 46.1 Å². The minimum atomic E-state index is -0.392. The number of hydrogen-bond donors (Lipinski definition) is 1. The van der Waals surface area contributed by atoms with Crippen molar-refractivity contribution in [3.05, 3.63) is 18.0 Å². The van der Waals surface area contributed by atoms with Gasteiger partial charge in [-0.25, -0.2) is 0 Å². The van der Waals surface area contributed by atoms with Crippen molar-refractivity contribution in [2.45, 2.75) is 31.9 Å². The van der Waals surface area contributed by atoms with Crippen molar-refractivity contribution in [2.75, 3.05) is 14.1 Å². The fourth-order valence-electron chi connectivity index (χ4n) is 1.35. The number of likely N-dealkylation sites (N-methyl/N-ethyl adjacent to an activating group) is 1. The summed E-state index contributed by atoms with van der Waals surface area (Å²) in [7, 11) is 5.84. The molecule has 86 valence electrons. The third-order valence-electron chi connectivity index (χ3n) is 3.16. The summed E-state index contributed by atoms with van der Waals surface area (Å²) in [6, 6.07) is 0. The van der Waals surface area contributed by atoms with Gasteiger partial charge in [-0.3, -0.25) is 4.68 Å². The fraction of sp³-hybridized carbons (Fsp3) is 0.727. The predicted molar refractivity (Wildman–Crippen MR) is 60.7 cm³/mol. The molecule has 1 atom stereocenters. The molecule has 0 aromatic carbocycles. The van der Waals surface area contributed by atoms with Gasteiger partial charge in [0.2, 0.25) is 0 Å². The normalized spacial score (nSPS) is 14.6. The molecule has 0 bridgehead atoms. The molecule has 4 heteroatoms. The molecular formula is C11H21N3O. The Hall–Kier alpha value is -0.870. The van der Waals surface area contributed by atoms with E-state index in [4.69, 9.17) is 0 Å². The van der Waals surface area contributed by atoms with E-state index in [1.165, 1.54) is 0 Å². The highest BCUT2D eigenvalue weighted by molar-refractivity contribution is 5.07. The summed E-state index contributed by atoms with van der Waals surface area (Å²) in [5.74, 6) is 0. The zero-order valence-electron chi connectivity index (χ0n) is 10.2. The summed E-state index contributed by atoms with van der Waals surface area (Å²) in [6.45, 7) is 4.07. The highest BCUT2D eigenvalue weighted by Crippen LogP contribution is 2.19. The van der Waals surface area contributed by atoms with Crippen LogP contribution in [-0.4, -0.2) is 45.5 Å². The minimum absolute atomic E-state index is 0.226. The monoisotopic (exact) mass is 211 g/mol. The van der Waals surface area contributed by atoms with Gasteiger partial charge in [0.05, 0.1) is 12.3 Å². The van der Waals surface area contributed by atoms with Gasteiger partial charge in [-0.1, -0.05) is 0 Å². The Labute approximate surface area is 91.5 Å². The number of rotatable bonds is 4. The van der Waals surface area contributed by atoms with Gasteiger partial charge in [-0.2, -0.15) is 5.10 Å². The Morgan fingerprint density at radius 1 is 1.53 bits per heavy atom. The second-order valence-corrected chi connectivity index (χ2v) is 4.79. The standard InChI is InChI=1S/C11H21N3O/c1-11(2,13(3)4)10(15)6-9-7-12-14(5)8-9/h7-8,10,15H,6H2,1-5H3. The molecule has 1 unspecified atom stereocenters. The number of aryl methyl sites for hydroxylation is 1. The molecular weight excluding hydrogens is 190 g/mol. The maximum absolute atomic E-state index is 10.1. The van der Waals surface area contributed by atoms with Crippen LogP contribution in [0.4, 0.5) is 0 Å². The summed E-state index contributed by atoms with van der Waals surface area (Å²) in [5.41, 5.74) is 0.843. The van der Waals surface area contributed by atoms with E-state index in [9.17, 15) is 5.11 Å². The number of hydrogen-bond acceptors (Lipinski definition) is 3.